The molecule has 0 radical (unpaired) electrons. The first-order chi connectivity index (χ1) is 8.80. The molecular formula is C14H25N3O. The van der Waals surface area contributed by atoms with Gasteiger partial charge in [0.05, 0.1) is 25.0 Å². The van der Waals surface area contributed by atoms with Gasteiger partial charge in [-0.3, -0.25) is 4.68 Å². The van der Waals surface area contributed by atoms with Crippen molar-refractivity contribution in [2.45, 2.75) is 51.6 Å². The van der Waals surface area contributed by atoms with Gasteiger partial charge in [-0.2, -0.15) is 5.10 Å². The van der Waals surface area contributed by atoms with Crippen molar-refractivity contribution < 1.29 is 4.74 Å². The summed E-state index contributed by atoms with van der Waals surface area (Å²) in [6.45, 7) is 3.01. The van der Waals surface area contributed by atoms with Gasteiger partial charge in [-0.1, -0.05) is 25.7 Å². The number of hydrogen-bond acceptors (Lipinski definition) is 3. The molecule has 1 aliphatic rings. The Balaban J connectivity index is 2.16. The molecule has 18 heavy (non-hydrogen) atoms. The lowest BCUT2D eigenvalue weighted by Crippen LogP contribution is -2.23. The molecule has 4 nitrogen and oxygen atoms in total. The number of ether oxygens (including phenoxy) is 1. The second-order valence-corrected chi connectivity index (χ2v) is 5.14. The van der Waals surface area contributed by atoms with Gasteiger partial charge in [0, 0.05) is 6.54 Å². The van der Waals surface area contributed by atoms with Crippen molar-refractivity contribution in [1.29, 1.82) is 0 Å². The molecule has 0 spiro atoms. The summed E-state index contributed by atoms with van der Waals surface area (Å²) in [6.07, 6.45) is 8.56. The smallest absolute Gasteiger partial charge is 0.161 e. The molecular weight excluding hydrogens is 226 g/mol. The van der Waals surface area contributed by atoms with Gasteiger partial charge < -0.3 is 10.1 Å². The van der Waals surface area contributed by atoms with Gasteiger partial charge >= 0.3 is 0 Å². The molecule has 1 fully saturated rings. The molecule has 1 aromatic heterocycles. The van der Waals surface area contributed by atoms with Gasteiger partial charge in [0.25, 0.3) is 0 Å². The highest BCUT2D eigenvalue weighted by atomic mass is 16.5. The van der Waals surface area contributed by atoms with E-state index in [4.69, 9.17) is 4.74 Å². The normalized spacial score (nSPS) is 18.2. The molecule has 1 unspecified atom stereocenters. The van der Waals surface area contributed by atoms with E-state index in [0.717, 1.165) is 18.2 Å². The van der Waals surface area contributed by atoms with Gasteiger partial charge in [0.1, 0.15) is 0 Å². The van der Waals surface area contributed by atoms with Crippen LogP contribution in [-0.4, -0.2) is 23.9 Å². The van der Waals surface area contributed by atoms with Crippen LogP contribution in [-0.2, 0) is 6.54 Å². The summed E-state index contributed by atoms with van der Waals surface area (Å²) in [5, 5.41) is 7.84. The number of hydrogen-bond donors (Lipinski definition) is 1. The molecule has 4 heteroatoms. The van der Waals surface area contributed by atoms with Gasteiger partial charge in [-0.05, 0) is 26.3 Å². The molecule has 1 heterocycles. The second-order valence-electron chi connectivity index (χ2n) is 5.14. The third kappa shape index (κ3) is 2.69. The standard InChI is InChI=1S/C14H25N3O/c1-4-17-14(13(18-3)10-16-17)12(15-2)9-11-7-5-6-8-11/h10-12,15H,4-9H2,1-3H3. The SMILES string of the molecule is CCn1ncc(OC)c1C(CC1CCCC1)NC. The minimum atomic E-state index is 0.352. The van der Waals surface area contributed by atoms with Crippen molar-refractivity contribution in [2.24, 2.45) is 5.92 Å². The summed E-state index contributed by atoms with van der Waals surface area (Å²) in [5.74, 6) is 1.77. The Bertz CT molecular complexity index is 348. The van der Waals surface area contributed by atoms with Crippen molar-refractivity contribution >= 4 is 0 Å². The minimum Gasteiger partial charge on any atom is -0.493 e. The van der Waals surface area contributed by atoms with Crippen LogP contribution in [0.4, 0.5) is 0 Å². The van der Waals surface area contributed by atoms with E-state index in [1.807, 2.05) is 13.2 Å². The minimum absolute atomic E-state index is 0.352. The summed E-state index contributed by atoms with van der Waals surface area (Å²) in [4.78, 5) is 0. The Kier molecular flexibility index (Phi) is 4.64. The van der Waals surface area contributed by atoms with Gasteiger partial charge in [0.15, 0.2) is 5.75 Å². The fourth-order valence-electron chi connectivity index (χ4n) is 3.08. The zero-order valence-corrected chi connectivity index (χ0v) is 11.8. The molecule has 0 aromatic carbocycles. The molecule has 1 aliphatic carbocycles. The van der Waals surface area contributed by atoms with Crippen LogP contribution in [0.25, 0.3) is 0 Å². The third-order valence-corrected chi connectivity index (χ3v) is 4.09. The zero-order chi connectivity index (χ0) is 13.0. The van der Waals surface area contributed by atoms with Crippen LogP contribution in [0.1, 0.15) is 50.8 Å². The highest BCUT2D eigenvalue weighted by Gasteiger charge is 2.25. The number of rotatable bonds is 6. The Labute approximate surface area is 110 Å². The van der Waals surface area contributed by atoms with Crippen LogP contribution in [0.15, 0.2) is 6.20 Å². The van der Waals surface area contributed by atoms with Crippen molar-refractivity contribution in [3.05, 3.63) is 11.9 Å². The summed E-state index contributed by atoms with van der Waals surface area (Å²) in [5.41, 5.74) is 1.20. The molecule has 1 atom stereocenters. The predicted octanol–water partition coefficient (Wildman–Crippen LogP) is 2.75. The Morgan fingerprint density at radius 1 is 1.50 bits per heavy atom. The fraction of sp³-hybridized carbons (Fsp3) is 0.786. The van der Waals surface area contributed by atoms with Crippen LogP contribution in [0.3, 0.4) is 0 Å². The van der Waals surface area contributed by atoms with Crippen LogP contribution in [0.5, 0.6) is 5.75 Å². The van der Waals surface area contributed by atoms with E-state index in [-0.39, 0.29) is 0 Å². The monoisotopic (exact) mass is 251 g/mol. The molecule has 1 saturated carbocycles. The lowest BCUT2D eigenvalue weighted by Gasteiger charge is -2.22. The van der Waals surface area contributed by atoms with E-state index < -0.39 is 0 Å². The van der Waals surface area contributed by atoms with Crippen molar-refractivity contribution in [1.82, 2.24) is 15.1 Å². The van der Waals surface area contributed by atoms with E-state index in [2.05, 4.69) is 22.0 Å². The quantitative estimate of drug-likeness (QED) is 0.845. The van der Waals surface area contributed by atoms with Crippen molar-refractivity contribution in [3.8, 4) is 5.75 Å². The van der Waals surface area contributed by atoms with E-state index >= 15 is 0 Å². The molecule has 102 valence electrons. The van der Waals surface area contributed by atoms with E-state index in [1.165, 1.54) is 37.8 Å². The van der Waals surface area contributed by atoms with Crippen LogP contribution in [0, 0.1) is 5.92 Å². The highest BCUT2D eigenvalue weighted by Crippen LogP contribution is 2.35. The van der Waals surface area contributed by atoms with Gasteiger partial charge in [-0.15, -0.1) is 0 Å². The van der Waals surface area contributed by atoms with E-state index in [1.54, 1.807) is 7.11 Å². The maximum atomic E-state index is 5.45. The fourth-order valence-corrected chi connectivity index (χ4v) is 3.08. The number of nitrogens with one attached hydrogen (secondary N) is 1. The highest BCUT2D eigenvalue weighted by molar-refractivity contribution is 5.28. The van der Waals surface area contributed by atoms with Gasteiger partial charge in [0.2, 0.25) is 0 Å². The van der Waals surface area contributed by atoms with Crippen LogP contribution < -0.4 is 10.1 Å². The molecule has 1 N–H and O–H groups in total. The summed E-state index contributed by atoms with van der Waals surface area (Å²) in [6, 6.07) is 0.352. The molecule has 0 aliphatic heterocycles. The molecule has 0 amide bonds. The number of methoxy groups -OCH3 is 1. The predicted molar refractivity (Wildman–Crippen MR) is 72.8 cm³/mol. The lowest BCUT2D eigenvalue weighted by atomic mass is 9.96. The molecule has 0 saturated heterocycles. The number of aryl methyl sites for hydroxylation is 1. The van der Waals surface area contributed by atoms with E-state index in [0.29, 0.717) is 6.04 Å². The maximum absolute atomic E-state index is 5.45. The lowest BCUT2D eigenvalue weighted by molar-refractivity contribution is 0.363. The summed E-state index contributed by atoms with van der Waals surface area (Å²) < 4.78 is 7.50. The largest absolute Gasteiger partial charge is 0.493 e. The van der Waals surface area contributed by atoms with Gasteiger partial charge in [-0.25, -0.2) is 0 Å². The number of nitrogens with zero attached hydrogens (tertiary/aromatic N) is 2. The van der Waals surface area contributed by atoms with Crippen LogP contribution >= 0.6 is 0 Å². The van der Waals surface area contributed by atoms with Crippen molar-refractivity contribution in [2.75, 3.05) is 14.2 Å². The average molecular weight is 251 g/mol. The first kappa shape index (κ1) is 13.4. The van der Waals surface area contributed by atoms with E-state index in [9.17, 15) is 0 Å². The number of aromatic nitrogens is 2. The second kappa shape index (κ2) is 6.23. The zero-order valence-electron chi connectivity index (χ0n) is 11.8. The maximum Gasteiger partial charge on any atom is 0.161 e. The molecule has 0 bridgehead atoms. The Morgan fingerprint density at radius 2 is 2.22 bits per heavy atom. The molecule has 1 aromatic rings. The Morgan fingerprint density at radius 3 is 2.78 bits per heavy atom. The first-order valence-corrected chi connectivity index (χ1v) is 7.07. The Hall–Kier alpha value is -1.03. The first-order valence-electron chi connectivity index (χ1n) is 7.07. The van der Waals surface area contributed by atoms with Crippen molar-refractivity contribution in [3.63, 3.8) is 0 Å². The third-order valence-electron chi connectivity index (χ3n) is 4.09. The molecule has 2 rings (SSSR count). The topological polar surface area (TPSA) is 39.1 Å². The summed E-state index contributed by atoms with van der Waals surface area (Å²) in [7, 11) is 3.76. The average Bonchev–Trinajstić information content (AvgIpc) is 3.04. The van der Waals surface area contributed by atoms with Crippen LogP contribution in [0.2, 0.25) is 0 Å². The summed E-state index contributed by atoms with van der Waals surface area (Å²) >= 11 is 0.